The molecular formula is C14H16F4N2O. The number of alkyl halides is 3. The Kier molecular flexibility index (Phi) is 4.22. The number of rotatable bonds is 3. The van der Waals surface area contributed by atoms with E-state index in [0.29, 0.717) is 0 Å². The van der Waals surface area contributed by atoms with Crippen LogP contribution in [0.15, 0.2) is 24.3 Å². The molecule has 1 N–H and O–H groups in total. The van der Waals surface area contributed by atoms with Gasteiger partial charge in [0, 0.05) is 25.7 Å². The molecule has 1 aromatic carbocycles. The third-order valence-corrected chi connectivity index (χ3v) is 3.82. The van der Waals surface area contributed by atoms with Gasteiger partial charge >= 0.3 is 6.18 Å². The predicted molar refractivity (Wildman–Crippen MR) is 68.8 cm³/mol. The van der Waals surface area contributed by atoms with Crippen molar-refractivity contribution in [2.45, 2.75) is 19.1 Å². The summed E-state index contributed by atoms with van der Waals surface area (Å²) in [4.78, 5) is 13.2. The molecule has 7 heteroatoms. The van der Waals surface area contributed by atoms with E-state index in [1.54, 1.807) is 6.07 Å². The van der Waals surface area contributed by atoms with Gasteiger partial charge in [-0.25, -0.2) is 4.39 Å². The smallest absolute Gasteiger partial charge is 0.341 e. The highest BCUT2D eigenvalue weighted by molar-refractivity contribution is 5.84. The summed E-state index contributed by atoms with van der Waals surface area (Å²) in [5.74, 6) is -1.56. The van der Waals surface area contributed by atoms with Crippen molar-refractivity contribution in [2.24, 2.45) is 5.41 Å². The number of halogens is 4. The van der Waals surface area contributed by atoms with Crippen LogP contribution < -0.4 is 5.32 Å². The quantitative estimate of drug-likeness (QED) is 0.869. The van der Waals surface area contributed by atoms with E-state index >= 15 is 0 Å². The predicted octanol–water partition coefficient (Wildman–Crippen LogP) is 2.33. The van der Waals surface area contributed by atoms with E-state index in [1.165, 1.54) is 25.2 Å². The van der Waals surface area contributed by atoms with Crippen molar-refractivity contribution in [3.8, 4) is 0 Å². The van der Waals surface area contributed by atoms with Gasteiger partial charge in [-0.05, 0) is 19.0 Å². The monoisotopic (exact) mass is 304 g/mol. The molecule has 0 radical (unpaired) electrons. The van der Waals surface area contributed by atoms with Gasteiger partial charge in [-0.1, -0.05) is 18.2 Å². The van der Waals surface area contributed by atoms with Crippen molar-refractivity contribution in [1.29, 1.82) is 0 Å². The van der Waals surface area contributed by atoms with Gasteiger partial charge < -0.3 is 10.2 Å². The lowest BCUT2D eigenvalue weighted by atomic mass is 9.84. The summed E-state index contributed by atoms with van der Waals surface area (Å²) in [7, 11) is 1.26. The number of amides is 1. The molecule has 1 heterocycles. The van der Waals surface area contributed by atoms with Crippen LogP contribution in [0.25, 0.3) is 0 Å². The van der Waals surface area contributed by atoms with Crippen LogP contribution in [-0.4, -0.2) is 37.1 Å². The SMILES string of the molecule is CN(Cc1ccccc1F)C(=O)C1(C(F)(F)F)CCNC1. The summed E-state index contributed by atoms with van der Waals surface area (Å²) in [6.45, 7) is -0.487. The number of benzene rings is 1. The molecule has 3 nitrogen and oxygen atoms in total. The van der Waals surface area contributed by atoms with Gasteiger partial charge in [0.1, 0.15) is 5.82 Å². The van der Waals surface area contributed by atoms with Gasteiger partial charge in [-0.3, -0.25) is 4.79 Å². The molecule has 2 rings (SSSR count). The van der Waals surface area contributed by atoms with Gasteiger partial charge in [0.25, 0.3) is 0 Å². The van der Waals surface area contributed by atoms with E-state index < -0.39 is 29.9 Å². The van der Waals surface area contributed by atoms with Crippen molar-refractivity contribution in [1.82, 2.24) is 10.2 Å². The minimum absolute atomic E-state index is 0.138. The standard InChI is InChI=1S/C14H16F4N2O/c1-20(8-10-4-2-3-5-11(10)15)12(21)13(14(16,17)18)6-7-19-9-13/h2-5,19H,6-9H2,1H3. The molecule has 0 aliphatic carbocycles. The maximum absolute atomic E-state index is 13.5. The Labute approximate surface area is 119 Å². The molecule has 1 aliphatic rings. The molecule has 1 saturated heterocycles. The van der Waals surface area contributed by atoms with Crippen LogP contribution in [-0.2, 0) is 11.3 Å². The first kappa shape index (κ1) is 15.8. The van der Waals surface area contributed by atoms with Crippen molar-refractivity contribution in [3.05, 3.63) is 35.6 Å². The fourth-order valence-corrected chi connectivity index (χ4v) is 2.56. The summed E-state index contributed by atoms with van der Waals surface area (Å²) >= 11 is 0. The van der Waals surface area contributed by atoms with Crippen LogP contribution in [0, 0.1) is 11.2 Å². The van der Waals surface area contributed by atoms with Crippen molar-refractivity contribution < 1.29 is 22.4 Å². The van der Waals surface area contributed by atoms with Gasteiger partial charge in [0.05, 0.1) is 0 Å². The summed E-state index contributed by atoms with van der Waals surface area (Å²) in [5.41, 5.74) is -2.22. The second-order valence-corrected chi connectivity index (χ2v) is 5.26. The maximum Gasteiger partial charge on any atom is 0.404 e. The lowest BCUT2D eigenvalue weighted by molar-refractivity contribution is -0.221. The lowest BCUT2D eigenvalue weighted by Gasteiger charge is -2.33. The molecule has 0 spiro atoms. The van der Waals surface area contributed by atoms with Crippen LogP contribution in [0.2, 0.25) is 0 Å². The van der Waals surface area contributed by atoms with Gasteiger partial charge in [-0.15, -0.1) is 0 Å². The molecule has 1 aliphatic heterocycles. The van der Waals surface area contributed by atoms with Crippen molar-refractivity contribution in [3.63, 3.8) is 0 Å². The van der Waals surface area contributed by atoms with Gasteiger partial charge in [0.15, 0.2) is 5.41 Å². The van der Waals surface area contributed by atoms with Crippen molar-refractivity contribution in [2.75, 3.05) is 20.1 Å². The zero-order valence-electron chi connectivity index (χ0n) is 11.5. The molecule has 1 aromatic rings. The molecule has 1 atom stereocenters. The third-order valence-electron chi connectivity index (χ3n) is 3.82. The lowest BCUT2D eigenvalue weighted by Crippen LogP contribution is -2.52. The number of nitrogens with one attached hydrogen (secondary N) is 1. The Balaban J connectivity index is 2.20. The number of carbonyl (C=O) groups is 1. The minimum atomic E-state index is -4.63. The summed E-state index contributed by atoms with van der Waals surface area (Å²) in [6.07, 6.45) is -4.92. The topological polar surface area (TPSA) is 32.3 Å². The van der Waals surface area contributed by atoms with Crippen molar-refractivity contribution >= 4 is 5.91 Å². The molecule has 1 unspecified atom stereocenters. The maximum atomic E-state index is 13.5. The highest BCUT2D eigenvalue weighted by atomic mass is 19.4. The van der Waals surface area contributed by atoms with Crippen LogP contribution in [0.5, 0.6) is 0 Å². The zero-order chi connectivity index (χ0) is 15.7. The first-order valence-corrected chi connectivity index (χ1v) is 6.54. The molecule has 116 valence electrons. The average molecular weight is 304 g/mol. The van der Waals surface area contributed by atoms with E-state index in [4.69, 9.17) is 0 Å². The van der Waals surface area contributed by atoms with Crippen LogP contribution in [0.3, 0.4) is 0 Å². The second-order valence-electron chi connectivity index (χ2n) is 5.26. The largest absolute Gasteiger partial charge is 0.404 e. The molecule has 0 bridgehead atoms. The summed E-state index contributed by atoms with van der Waals surface area (Å²) in [5, 5.41) is 2.59. The van der Waals surface area contributed by atoms with Gasteiger partial charge in [0.2, 0.25) is 5.91 Å². The highest BCUT2D eigenvalue weighted by Gasteiger charge is 2.62. The molecule has 21 heavy (non-hydrogen) atoms. The Bertz CT molecular complexity index is 524. The second kappa shape index (κ2) is 5.63. The molecule has 0 saturated carbocycles. The Morgan fingerprint density at radius 2 is 2.05 bits per heavy atom. The minimum Gasteiger partial charge on any atom is -0.341 e. The van der Waals surface area contributed by atoms with E-state index in [2.05, 4.69) is 5.32 Å². The van der Waals surface area contributed by atoms with Gasteiger partial charge in [-0.2, -0.15) is 13.2 Å². The molecular weight excluding hydrogens is 288 g/mol. The Morgan fingerprint density at radius 1 is 1.38 bits per heavy atom. The van der Waals surface area contributed by atoms with E-state index in [0.717, 1.165) is 4.90 Å². The fourth-order valence-electron chi connectivity index (χ4n) is 2.56. The Morgan fingerprint density at radius 3 is 2.57 bits per heavy atom. The zero-order valence-corrected chi connectivity index (χ0v) is 11.5. The molecule has 0 aromatic heterocycles. The highest BCUT2D eigenvalue weighted by Crippen LogP contribution is 2.44. The molecule has 1 amide bonds. The average Bonchev–Trinajstić information content (AvgIpc) is 2.90. The van der Waals surface area contributed by atoms with E-state index in [1.807, 2.05) is 0 Å². The van der Waals surface area contributed by atoms with Crippen LogP contribution >= 0.6 is 0 Å². The number of nitrogens with zero attached hydrogens (tertiary/aromatic N) is 1. The first-order valence-electron chi connectivity index (χ1n) is 6.54. The van der Waals surface area contributed by atoms with Crippen LogP contribution in [0.1, 0.15) is 12.0 Å². The fraction of sp³-hybridized carbons (Fsp3) is 0.500. The number of hydrogen-bond donors (Lipinski definition) is 1. The van der Waals surface area contributed by atoms with E-state index in [-0.39, 0.29) is 25.1 Å². The Hall–Kier alpha value is -1.63. The van der Waals surface area contributed by atoms with E-state index in [9.17, 15) is 22.4 Å². The number of carbonyl (C=O) groups excluding carboxylic acids is 1. The van der Waals surface area contributed by atoms with Crippen LogP contribution in [0.4, 0.5) is 17.6 Å². The third kappa shape index (κ3) is 2.88. The normalized spacial score (nSPS) is 22.3. The summed E-state index contributed by atoms with van der Waals surface area (Å²) in [6, 6.07) is 5.72. The molecule has 1 fully saturated rings. The summed E-state index contributed by atoms with van der Waals surface area (Å²) < 4.78 is 53.4. The first-order chi connectivity index (χ1) is 9.78. The number of hydrogen-bond acceptors (Lipinski definition) is 2.